The molecule has 2 fully saturated rings. The number of aryl methyl sites for hydroxylation is 1. The first-order chi connectivity index (χ1) is 23.9. The second-order valence-electron chi connectivity index (χ2n) is 13.6. The molecule has 2 N–H and O–H groups in total. The van der Waals surface area contributed by atoms with Crippen LogP contribution in [0.3, 0.4) is 0 Å². The van der Waals surface area contributed by atoms with Gasteiger partial charge < -0.3 is 48.5 Å². The Morgan fingerprint density at radius 2 is 1.42 bits per heavy atom. The van der Waals surface area contributed by atoms with Gasteiger partial charge in [0.1, 0.15) is 18.2 Å². The SMILES string of the molecule is Cn1c(C(=O)N2CCN(C(=O)[C@@H](NC(=O)OC(C)(C)C)C3CCCCC3)CC2)c(OCCOCCOCCOCCO)c2cc(F)c(F)cc21. The highest BCUT2D eigenvalue weighted by Gasteiger charge is 2.37. The summed E-state index contributed by atoms with van der Waals surface area (Å²) in [4.78, 5) is 43.8. The number of benzene rings is 1. The van der Waals surface area contributed by atoms with Gasteiger partial charge in [-0.2, -0.15) is 0 Å². The molecular formula is C35H52F2N4O9. The van der Waals surface area contributed by atoms with Gasteiger partial charge in [-0.05, 0) is 45.6 Å². The van der Waals surface area contributed by atoms with Gasteiger partial charge in [0.2, 0.25) is 5.91 Å². The zero-order chi connectivity index (χ0) is 36.3. The number of aliphatic hydroxyl groups excluding tert-OH is 1. The van der Waals surface area contributed by atoms with Crippen molar-refractivity contribution in [2.75, 3.05) is 79.0 Å². The van der Waals surface area contributed by atoms with Crippen molar-refractivity contribution >= 4 is 28.8 Å². The van der Waals surface area contributed by atoms with Crippen molar-refractivity contribution in [2.24, 2.45) is 13.0 Å². The first-order valence-corrected chi connectivity index (χ1v) is 17.4. The van der Waals surface area contributed by atoms with Crippen molar-refractivity contribution in [1.82, 2.24) is 19.7 Å². The predicted molar refractivity (Wildman–Crippen MR) is 180 cm³/mol. The molecule has 1 atom stereocenters. The van der Waals surface area contributed by atoms with E-state index in [0.29, 0.717) is 19.8 Å². The topological polar surface area (TPSA) is 141 Å². The number of hydrogen-bond donors (Lipinski definition) is 2. The van der Waals surface area contributed by atoms with E-state index in [1.165, 1.54) is 4.57 Å². The number of amides is 3. The third-order valence-electron chi connectivity index (χ3n) is 8.79. The molecule has 1 saturated carbocycles. The van der Waals surface area contributed by atoms with Crippen LogP contribution in [0.1, 0.15) is 63.4 Å². The van der Waals surface area contributed by atoms with E-state index in [0.717, 1.165) is 44.2 Å². The van der Waals surface area contributed by atoms with E-state index in [2.05, 4.69) is 5.32 Å². The van der Waals surface area contributed by atoms with Crippen LogP contribution in [-0.4, -0.2) is 128 Å². The van der Waals surface area contributed by atoms with Crippen molar-refractivity contribution in [3.63, 3.8) is 0 Å². The van der Waals surface area contributed by atoms with Crippen LogP contribution < -0.4 is 10.1 Å². The van der Waals surface area contributed by atoms with Crippen molar-refractivity contribution in [1.29, 1.82) is 0 Å². The number of fused-ring (bicyclic) bond motifs is 1. The Balaban J connectivity index is 1.40. The highest BCUT2D eigenvalue weighted by molar-refractivity contribution is 6.04. The number of carbonyl (C=O) groups is 3. The van der Waals surface area contributed by atoms with Crippen LogP contribution in [0.25, 0.3) is 10.9 Å². The average Bonchev–Trinajstić information content (AvgIpc) is 3.34. The molecule has 3 amide bonds. The Kier molecular flexibility index (Phi) is 14.6. The van der Waals surface area contributed by atoms with E-state index in [1.54, 1.807) is 37.6 Å². The Hall–Kier alpha value is -3.53. The number of carbonyl (C=O) groups excluding carboxylic acids is 3. The fourth-order valence-corrected chi connectivity index (χ4v) is 6.35. The summed E-state index contributed by atoms with van der Waals surface area (Å²) in [5.41, 5.74) is -0.294. The van der Waals surface area contributed by atoms with Gasteiger partial charge in [-0.25, -0.2) is 13.6 Å². The molecule has 0 bridgehead atoms. The van der Waals surface area contributed by atoms with E-state index in [-0.39, 0.29) is 93.4 Å². The molecule has 15 heteroatoms. The Labute approximate surface area is 292 Å². The first-order valence-electron chi connectivity index (χ1n) is 17.4. The maximum absolute atomic E-state index is 14.4. The molecule has 1 aliphatic heterocycles. The molecule has 1 aromatic carbocycles. The Bertz CT molecular complexity index is 1430. The standard InChI is InChI=1S/C35H52F2N4O9/c1-35(2,3)50-34(45)38-29(24-8-6-5-7-9-24)32(43)40-10-12-41(13-11-40)33(44)30-31(25-22-26(36)27(37)23-28(25)39(30)4)49-21-20-48-19-18-47-17-16-46-15-14-42/h22-24,29,42H,5-21H2,1-4H3,(H,38,45)/t29-/m0/s1. The highest BCUT2D eigenvalue weighted by atomic mass is 19.2. The van der Waals surface area contributed by atoms with Crippen LogP contribution in [-0.2, 0) is 30.8 Å². The van der Waals surface area contributed by atoms with E-state index in [4.69, 9.17) is 28.8 Å². The quantitative estimate of drug-likeness (QED) is 0.250. The zero-order valence-corrected chi connectivity index (χ0v) is 29.6. The monoisotopic (exact) mass is 710 g/mol. The molecule has 280 valence electrons. The minimum absolute atomic E-state index is 0.00628. The van der Waals surface area contributed by atoms with Crippen LogP contribution in [0.2, 0.25) is 0 Å². The number of hydrogen-bond acceptors (Lipinski definition) is 9. The summed E-state index contributed by atoms with van der Waals surface area (Å²) in [7, 11) is 1.59. The Morgan fingerprint density at radius 3 is 2.02 bits per heavy atom. The molecule has 50 heavy (non-hydrogen) atoms. The molecule has 2 aromatic rings. The lowest BCUT2D eigenvalue weighted by atomic mass is 9.83. The van der Waals surface area contributed by atoms with Gasteiger partial charge in [0.15, 0.2) is 23.1 Å². The minimum Gasteiger partial charge on any atom is -0.488 e. The zero-order valence-electron chi connectivity index (χ0n) is 29.6. The predicted octanol–water partition coefficient (Wildman–Crippen LogP) is 3.64. The van der Waals surface area contributed by atoms with Gasteiger partial charge >= 0.3 is 6.09 Å². The third-order valence-corrected chi connectivity index (χ3v) is 8.79. The number of ether oxygens (including phenoxy) is 5. The van der Waals surface area contributed by atoms with Crippen LogP contribution in [0.4, 0.5) is 13.6 Å². The number of piperazine rings is 1. The van der Waals surface area contributed by atoms with Crippen molar-refractivity contribution in [3.8, 4) is 5.75 Å². The lowest BCUT2D eigenvalue weighted by molar-refractivity contribution is -0.136. The number of nitrogens with zero attached hydrogens (tertiary/aromatic N) is 3. The Morgan fingerprint density at radius 1 is 0.860 bits per heavy atom. The van der Waals surface area contributed by atoms with Gasteiger partial charge in [0, 0.05) is 44.7 Å². The van der Waals surface area contributed by atoms with Crippen molar-refractivity contribution in [2.45, 2.75) is 64.5 Å². The minimum atomic E-state index is -1.07. The molecule has 2 aliphatic rings. The normalized spacial score (nSPS) is 16.5. The molecule has 1 saturated heterocycles. The van der Waals surface area contributed by atoms with E-state index < -0.39 is 35.3 Å². The summed E-state index contributed by atoms with van der Waals surface area (Å²) in [6, 6.07) is 1.32. The first kappa shape index (κ1) is 39.3. The average molecular weight is 711 g/mol. The highest BCUT2D eigenvalue weighted by Crippen LogP contribution is 2.35. The lowest BCUT2D eigenvalue weighted by Gasteiger charge is -2.39. The van der Waals surface area contributed by atoms with Crippen LogP contribution in [0.15, 0.2) is 12.1 Å². The van der Waals surface area contributed by atoms with E-state index in [9.17, 15) is 23.2 Å². The molecule has 0 unspecified atom stereocenters. The number of nitrogens with one attached hydrogen (secondary N) is 1. The molecular weight excluding hydrogens is 658 g/mol. The molecule has 1 aliphatic carbocycles. The second-order valence-corrected chi connectivity index (χ2v) is 13.6. The third kappa shape index (κ3) is 10.7. The van der Waals surface area contributed by atoms with Gasteiger partial charge in [0.05, 0.1) is 51.8 Å². The molecule has 13 nitrogen and oxygen atoms in total. The maximum atomic E-state index is 14.4. The van der Waals surface area contributed by atoms with Crippen LogP contribution in [0, 0.1) is 17.6 Å². The van der Waals surface area contributed by atoms with Gasteiger partial charge in [-0.1, -0.05) is 19.3 Å². The lowest BCUT2D eigenvalue weighted by Crippen LogP contribution is -2.58. The van der Waals surface area contributed by atoms with Crippen molar-refractivity contribution in [3.05, 3.63) is 29.5 Å². The fourth-order valence-electron chi connectivity index (χ4n) is 6.35. The second kappa shape index (κ2) is 18.6. The van der Waals surface area contributed by atoms with Crippen molar-refractivity contribution < 1.29 is 52.0 Å². The smallest absolute Gasteiger partial charge is 0.408 e. The summed E-state index contributed by atoms with van der Waals surface area (Å²) in [6.07, 6.45) is 4.09. The van der Waals surface area contributed by atoms with E-state index in [1.807, 2.05) is 0 Å². The van der Waals surface area contributed by atoms with Crippen LogP contribution >= 0.6 is 0 Å². The molecule has 4 rings (SSSR count). The maximum Gasteiger partial charge on any atom is 0.408 e. The largest absolute Gasteiger partial charge is 0.488 e. The number of aliphatic hydroxyl groups is 1. The van der Waals surface area contributed by atoms with Gasteiger partial charge in [-0.3, -0.25) is 9.59 Å². The summed E-state index contributed by atoms with van der Waals surface area (Å²) in [5.74, 6) is -2.61. The fraction of sp³-hybridized carbons (Fsp3) is 0.686. The summed E-state index contributed by atoms with van der Waals surface area (Å²) in [6.45, 7) is 7.93. The number of halogens is 2. The number of alkyl carbamates (subject to hydrolysis) is 1. The molecule has 0 spiro atoms. The van der Waals surface area contributed by atoms with Gasteiger partial charge in [0.25, 0.3) is 5.91 Å². The summed E-state index contributed by atoms with van der Waals surface area (Å²) < 4.78 is 57.7. The van der Waals surface area contributed by atoms with Crippen LogP contribution in [0.5, 0.6) is 5.75 Å². The number of rotatable bonds is 16. The molecule has 2 heterocycles. The van der Waals surface area contributed by atoms with E-state index >= 15 is 0 Å². The van der Waals surface area contributed by atoms with Gasteiger partial charge in [-0.15, -0.1) is 0 Å². The molecule has 0 radical (unpaired) electrons. The summed E-state index contributed by atoms with van der Waals surface area (Å²) >= 11 is 0. The summed E-state index contributed by atoms with van der Waals surface area (Å²) in [5, 5.41) is 11.8. The molecule has 1 aromatic heterocycles. The number of aromatic nitrogens is 1.